The maximum Gasteiger partial charge on any atom is 0.303 e. The topological polar surface area (TPSA) is 40.5 Å². The molecular formula is C11H14ClNO2. The first-order valence-electron chi connectivity index (χ1n) is 4.78. The number of para-hydroxylation sites is 1. The van der Waals surface area contributed by atoms with Crippen LogP contribution >= 0.6 is 11.6 Å². The van der Waals surface area contributed by atoms with Crippen molar-refractivity contribution in [1.29, 1.82) is 0 Å². The van der Waals surface area contributed by atoms with Crippen molar-refractivity contribution in [3.05, 3.63) is 29.3 Å². The Morgan fingerprint density at radius 1 is 1.47 bits per heavy atom. The van der Waals surface area contributed by atoms with Crippen molar-refractivity contribution in [3.8, 4) is 0 Å². The van der Waals surface area contributed by atoms with E-state index in [1.807, 2.05) is 36.2 Å². The largest absolute Gasteiger partial charge is 0.481 e. The lowest BCUT2D eigenvalue weighted by Crippen LogP contribution is -2.19. The summed E-state index contributed by atoms with van der Waals surface area (Å²) in [5.41, 5.74) is 0.935. The monoisotopic (exact) mass is 227 g/mol. The number of rotatable bonds is 5. The Bertz CT molecular complexity index is 341. The smallest absolute Gasteiger partial charge is 0.303 e. The molecule has 4 heteroatoms. The van der Waals surface area contributed by atoms with Crippen LogP contribution in [0.15, 0.2) is 24.3 Å². The number of benzene rings is 1. The van der Waals surface area contributed by atoms with E-state index in [1.165, 1.54) is 0 Å². The fourth-order valence-corrected chi connectivity index (χ4v) is 1.63. The van der Waals surface area contributed by atoms with Crippen molar-refractivity contribution < 1.29 is 9.90 Å². The van der Waals surface area contributed by atoms with Gasteiger partial charge < -0.3 is 10.0 Å². The zero-order valence-electron chi connectivity index (χ0n) is 8.61. The van der Waals surface area contributed by atoms with Gasteiger partial charge in [-0.05, 0) is 18.6 Å². The van der Waals surface area contributed by atoms with Crippen LogP contribution in [0.3, 0.4) is 0 Å². The van der Waals surface area contributed by atoms with Crippen molar-refractivity contribution >= 4 is 23.3 Å². The Balaban J connectivity index is 2.50. The van der Waals surface area contributed by atoms with Gasteiger partial charge in [-0.2, -0.15) is 0 Å². The Kier molecular flexibility index (Phi) is 4.43. The quantitative estimate of drug-likeness (QED) is 0.841. The van der Waals surface area contributed by atoms with Gasteiger partial charge in [-0.1, -0.05) is 23.7 Å². The minimum atomic E-state index is -0.762. The molecule has 1 rings (SSSR count). The summed E-state index contributed by atoms with van der Waals surface area (Å²) in [5, 5.41) is 9.20. The van der Waals surface area contributed by atoms with Gasteiger partial charge >= 0.3 is 5.97 Å². The van der Waals surface area contributed by atoms with Crippen LogP contribution in [-0.4, -0.2) is 24.7 Å². The number of nitrogens with zero attached hydrogens (tertiary/aromatic N) is 1. The summed E-state index contributed by atoms with van der Waals surface area (Å²) in [7, 11) is 1.91. The van der Waals surface area contributed by atoms with Crippen LogP contribution in [0.25, 0.3) is 0 Å². The van der Waals surface area contributed by atoms with Gasteiger partial charge in [0.2, 0.25) is 0 Å². The first kappa shape index (κ1) is 11.9. The summed E-state index contributed by atoms with van der Waals surface area (Å²) in [5.74, 6) is -0.762. The fourth-order valence-electron chi connectivity index (χ4n) is 1.35. The van der Waals surface area contributed by atoms with Crippen LogP contribution in [-0.2, 0) is 4.79 Å². The summed E-state index contributed by atoms with van der Waals surface area (Å²) < 4.78 is 0. The third-order valence-corrected chi connectivity index (χ3v) is 2.47. The van der Waals surface area contributed by atoms with Crippen LogP contribution in [0.4, 0.5) is 5.69 Å². The highest BCUT2D eigenvalue weighted by atomic mass is 35.5. The van der Waals surface area contributed by atoms with Gasteiger partial charge in [0.25, 0.3) is 0 Å². The average Bonchev–Trinajstić information content (AvgIpc) is 2.17. The Hall–Kier alpha value is -1.22. The van der Waals surface area contributed by atoms with E-state index < -0.39 is 5.97 Å². The molecule has 82 valence electrons. The zero-order valence-corrected chi connectivity index (χ0v) is 9.37. The first-order chi connectivity index (χ1) is 7.11. The van der Waals surface area contributed by atoms with Gasteiger partial charge in [0.15, 0.2) is 0 Å². The molecule has 0 amide bonds. The number of carbonyl (C=O) groups is 1. The van der Waals surface area contributed by atoms with E-state index in [4.69, 9.17) is 16.7 Å². The van der Waals surface area contributed by atoms with Gasteiger partial charge in [-0.15, -0.1) is 0 Å². The van der Waals surface area contributed by atoms with Crippen LogP contribution in [0.1, 0.15) is 12.8 Å². The number of aliphatic carboxylic acids is 1. The zero-order chi connectivity index (χ0) is 11.3. The third kappa shape index (κ3) is 3.80. The van der Waals surface area contributed by atoms with E-state index >= 15 is 0 Å². The van der Waals surface area contributed by atoms with Crippen molar-refractivity contribution in [2.45, 2.75) is 12.8 Å². The maximum atomic E-state index is 10.3. The lowest BCUT2D eigenvalue weighted by atomic mass is 10.2. The third-order valence-electron chi connectivity index (χ3n) is 2.15. The highest BCUT2D eigenvalue weighted by Gasteiger charge is 2.05. The molecule has 0 spiro atoms. The van der Waals surface area contributed by atoms with Gasteiger partial charge in [-0.3, -0.25) is 4.79 Å². The molecule has 0 fully saturated rings. The van der Waals surface area contributed by atoms with Crippen molar-refractivity contribution in [2.24, 2.45) is 0 Å². The summed E-state index contributed by atoms with van der Waals surface area (Å²) in [6.45, 7) is 0.691. The molecule has 0 aromatic heterocycles. The molecule has 3 nitrogen and oxygen atoms in total. The van der Waals surface area contributed by atoms with E-state index in [2.05, 4.69) is 0 Å². The van der Waals surface area contributed by atoms with Crippen LogP contribution < -0.4 is 4.90 Å². The molecular weight excluding hydrogens is 214 g/mol. The molecule has 0 atom stereocenters. The molecule has 0 saturated heterocycles. The molecule has 1 aromatic rings. The summed E-state index contributed by atoms with van der Waals surface area (Å²) in [4.78, 5) is 12.3. The predicted octanol–water partition coefficient (Wildman–Crippen LogP) is 2.64. The van der Waals surface area contributed by atoms with Crippen molar-refractivity contribution in [2.75, 3.05) is 18.5 Å². The molecule has 0 bridgehead atoms. The number of carboxylic acids is 1. The average molecular weight is 228 g/mol. The van der Waals surface area contributed by atoms with Gasteiger partial charge in [0.1, 0.15) is 0 Å². The molecule has 0 aliphatic carbocycles. The fraction of sp³-hybridized carbons (Fsp3) is 0.364. The second kappa shape index (κ2) is 5.61. The second-order valence-corrected chi connectivity index (χ2v) is 3.78. The van der Waals surface area contributed by atoms with Gasteiger partial charge in [0, 0.05) is 20.0 Å². The van der Waals surface area contributed by atoms with E-state index in [9.17, 15) is 4.79 Å². The molecule has 0 saturated carbocycles. The molecule has 0 radical (unpaired) electrons. The number of carboxylic acid groups (broad SMARTS) is 1. The number of hydrogen-bond donors (Lipinski definition) is 1. The number of hydrogen-bond acceptors (Lipinski definition) is 2. The maximum absolute atomic E-state index is 10.3. The molecule has 0 unspecified atom stereocenters. The molecule has 0 aliphatic rings. The molecule has 0 aliphatic heterocycles. The van der Waals surface area contributed by atoms with E-state index in [-0.39, 0.29) is 6.42 Å². The Morgan fingerprint density at radius 2 is 2.13 bits per heavy atom. The van der Waals surface area contributed by atoms with Crippen molar-refractivity contribution in [1.82, 2.24) is 0 Å². The standard InChI is InChI=1S/C11H14ClNO2/c1-13(8-4-7-11(14)15)10-6-3-2-5-9(10)12/h2-3,5-6H,4,7-8H2,1H3,(H,14,15). The Labute approximate surface area is 94.3 Å². The highest BCUT2D eigenvalue weighted by molar-refractivity contribution is 6.33. The van der Waals surface area contributed by atoms with Crippen LogP contribution in [0, 0.1) is 0 Å². The highest BCUT2D eigenvalue weighted by Crippen LogP contribution is 2.23. The van der Waals surface area contributed by atoms with Gasteiger partial charge in [0.05, 0.1) is 10.7 Å². The minimum Gasteiger partial charge on any atom is -0.481 e. The summed E-state index contributed by atoms with van der Waals surface area (Å²) in [6, 6.07) is 7.53. The predicted molar refractivity (Wildman–Crippen MR) is 61.6 cm³/mol. The van der Waals surface area contributed by atoms with Crippen LogP contribution in [0.2, 0.25) is 5.02 Å². The molecule has 15 heavy (non-hydrogen) atoms. The van der Waals surface area contributed by atoms with E-state index in [1.54, 1.807) is 0 Å². The lowest BCUT2D eigenvalue weighted by molar-refractivity contribution is -0.137. The molecule has 0 heterocycles. The second-order valence-electron chi connectivity index (χ2n) is 3.37. The first-order valence-corrected chi connectivity index (χ1v) is 5.16. The van der Waals surface area contributed by atoms with Crippen LogP contribution in [0.5, 0.6) is 0 Å². The van der Waals surface area contributed by atoms with Crippen molar-refractivity contribution in [3.63, 3.8) is 0 Å². The number of halogens is 1. The molecule has 1 N–H and O–H groups in total. The normalized spacial score (nSPS) is 10.0. The SMILES string of the molecule is CN(CCCC(=O)O)c1ccccc1Cl. The Morgan fingerprint density at radius 3 is 2.73 bits per heavy atom. The van der Waals surface area contributed by atoms with Gasteiger partial charge in [-0.25, -0.2) is 0 Å². The lowest BCUT2D eigenvalue weighted by Gasteiger charge is -2.19. The minimum absolute atomic E-state index is 0.189. The summed E-state index contributed by atoms with van der Waals surface area (Å²) in [6.07, 6.45) is 0.811. The number of anilines is 1. The molecule has 1 aromatic carbocycles. The van der Waals surface area contributed by atoms with E-state index in [0.29, 0.717) is 18.0 Å². The van der Waals surface area contributed by atoms with E-state index in [0.717, 1.165) is 5.69 Å². The summed E-state index contributed by atoms with van der Waals surface area (Å²) >= 11 is 6.00.